The normalized spacial score (nSPS) is 10.7. The van der Waals surface area contributed by atoms with Gasteiger partial charge < -0.3 is 20.3 Å². The molecule has 2 aromatic carbocycles. The summed E-state index contributed by atoms with van der Waals surface area (Å²) in [7, 11) is 3.89. The molecule has 0 N–H and O–H groups in total. The van der Waals surface area contributed by atoms with Gasteiger partial charge in [0, 0.05) is 68.6 Å². The van der Waals surface area contributed by atoms with E-state index in [9.17, 15) is 0 Å². The van der Waals surface area contributed by atoms with Crippen LogP contribution in [0, 0.1) is 13.1 Å². The van der Waals surface area contributed by atoms with E-state index in [2.05, 4.69) is 52.2 Å². The van der Waals surface area contributed by atoms with E-state index in [-0.39, 0.29) is 39.4 Å². The van der Waals surface area contributed by atoms with Crippen molar-refractivity contribution in [2.45, 2.75) is 25.7 Å². The van der Waals surface area contributed by atoms with Gasteiger partial charge in [0.05, 0.1) is 70.2 Å². The summed E-state index contributed by atoms with van der Waals surface area (Å²) >= 11 is 13.0. The Labute approximate surface area is 383 Å². The molecule has 0 fully saturated rings. The molecule has 3 radical (unpaired) electrons. The molecule has 0 bridgehead atoms. The minimum Gasteiger partial charge on any atom is -1.00 e. The van der Waals surface area contributed by atoms with Gasteiger partial charge in [-0.05, 0) is 102 Å². The van der Waals surface area contributed by atoms with Crippen LogP contribution in [0.2, 0.25) is 10.0 Å². The number of imidazole rings is 2. The third kappa shape index (κ3) is 10.9. The van der Waals surface area contributed by atoms with Crippen LogP contribution >= 0.6 is 23.2 Å². The SMILES string of the molecule is [B].[C-]#[N+]CCc1cc2c(/C=C/c3cccnn3)cc(-c3cncn3C)nc2cc1Cl.[C-]#[N+]CCc1cc2c(CCc3cccnn3)cc(-c3cncn3C)nc2cc1Cl.[H-].[Na+]. The second-order valence-corrected chi connectivity index (χ2v) is 14.2. The van der Waals surface area contributed by atoms with Crippen LogP contribution in [0.15, 0.2) is 98.1 Å². The van der Waals surface area contributed by atoms with E-state index in [1.807, 2.05) is 90.1 Å². The van der Waals surface area contributed by atoms with Crippen LogP contribution in [0.4, 0.5) is 0 Å². The number of nitrogens with zero attached hydrogens (tertiary/aromatic N) is 12. The summed E-state index contributed by atoms with van der Waals surface area (Å²) in [6, 6.07) is 19.6. The number of aryl methyl sites for hydroxylation is 4. The number of rotatable bonds is 11. The molecule has 291 valence electrons. The van der Waals surface area contributed by atoms with Crippen molar-refractivity contribution < 1.29 is 31.0 Å². The zero-order valence-corrected chi connectivity index (χ0v) is 36.8. The molecule has 0 atom stereocenters. The molecule has 0 saturated carbocycles. The van der Waals surface area contributed by atoms with E-state index < -0.39 is 0 Å². The number of aromatic nitrogens is 10. The Morgan fingerprint density at radius 1 is 0.667 bits per heavy atom. The summed E-state index contributed by atoms with van der Waals surface area (Å²) in [6.45, 7) is 14.9. The number of benzene rings is 2. The molecule has 0 aliphatic heterocycles. The van der Waals surface area contributed by atoms with E-state index in [4.69, 9.17) is 46.3 Å². The van der Waals surface area contributed by atoms with Crippen molar-refractivity contribution in [1.29, 1.82) is 0 Å². The van der Waals surface area contributed by atoms with Crippen LogP contribution in [-0.2, 0) is 39.8 Å². The molecule has 0 saturated heterocycles. The minimum absolute atomic E-state index is 0. The molecule has 0 amide bonds. The van der Waals surface area contributed by atoms with Crippen LogP contribution in [0.25, 0.3) is 66.4 Å². The van der Waals surface area contributed by atoms with Crippen LogP contribution < -0.4 is 29.6 Å². The fraction of sp³-hybridized carbons (Fsp3) is 0.182. The summed E-state index contributed by atoms with van der Waals surface area (Å²) in [6.07, 6.45) is 17.2. The predicted molar refractivity (Wildman–Crippen MR) is 236 cm³/mol. The van der Waals surface area contributed by atoms with Gasteiger partial charge in [-0.1, -0.05) is 29.3 Å². The predicted octanol–water partition coefficient (Wildman–Crippen LogP) is 5.77. The molecule has 8 aromatic rings. The maximum Gasteiger partial charge on any atom is 1.00 e. The van der Waals surface area contributed by atoms with Crippen molar-refractivity contribution in [2.75, 3.05) is 13.1 Å². The van der Waals surface area contributed by atoms with E-state index in [0.29, 0.717) is 36.0 Å². The Morgan fingerprint density at radius 3 is 1.77 bits per heavy atom. The van der Waals surface area contributed by atoms with Crippen molar-refractivity contribution in [1.82, 2.24) is 49.5 Å². The molecule has 8 rings (SSSR count). The fourth-order valence-corrected chi connectivity index (χ4v) is 7.04. The van der Waals surface area contributed by atoms with E-state index in [1.165, 1.54) is 0 Å². The monoisotopic (exact) mass is 837 g/mol. The van der Waals surface area contributed by atoms with Crippen molar-refractivity contribution in [3.63, 3.8) is 0 Å². The van der Waals surface area contributed by atoms with Gasteiger partial charge in [-0.2, -0.15) is 20.4 Å². The van der Waals surface area contributed by atoms with Crippen molar-refractivity contribution >= 4 is 65.6 Å². The Balaban J connectivity index is 0.000000256. The third-order valence-corrected chi connectivity index (χ3v) is 10.2. The Hall–Kier alpha value is -5.80. The molecule has 6 aromatic heterocycles. The van der Waals surface area contributed by atoms with Crippen LogP contribution in [0.1, 0.15) is 35.1 Å². The number of halogens is 2. The molecule has 0 aliphatic carbocycles. The van der Waals surface area contributed by atoms with Gasteiger partial charge in [0.1, 0.15) is 0 Å². The molecule has 6 heterocycles. The van der Waals surface area contributed by atoms with Crippen LogP contribution in [-0.4, -0.2) is 71.0 Å². The molecule has 12 nitrogen and oxygen atoms in total. The maximum absolute atomic E-state index is 7.07. The van der Waals surface area contributed by atoms with Crippen LogP contribution in [0.5, 0.6) is 0 Å². The summed E-state index contributed by atoms with van der Waals surface area (Å²) in [5.74, 6) is 0. The van der Waals surface area contributed by atoms with E-state index >= 15 is 0 Å². The number of hydrogen-bond acceptors (Lipinski definition) is 8. The summed E-state index contributed by atoms with van der Waals surface area (Å²) in [4.78, 5) is 25.0. The first-order chi connectivity index (χ1) is 28.3. The standard InChI is InChI=1S/C22H19ClN6.C22H17ClN6.B.Na.H/c2*1-24-9-7-16-10-18-15(5-6-17-4-3-8-26-28-17)11-21(22-13-25-14-29(22)2)27-20(18)12-19(16)23;;;/h3-4,8,10-14H,5-7,9H2,2H3;3-6,8,10-14H,7,9H2,2H3;;;/q;;;+1;-1/b;6-5+;;;. The zero-order valence-electron chi connectivity index (χ0n) is 34.3. The van der Waals surface area contributed by atoms with Gasteiger partial charge in [0.25, 0.3) is 0 Å². The van der Waals surface area contributed by atoms with Crippen molar-refractivity contribution in [2.24, 2.45) is 14.1 Å². The van der Waals surface area contributed by atoms with Crippen molar-refractivity contribution in [3.05, 3.63) is 165 Å². The first-order valence-electron chi connectivity index (χ1n) is 18.4. The molecule has 60 heavy (non-hydrogen) atoms. The quantitative estimate of drug-likeness (QED) is 0.119. The fourth-order valence-electron chi connectivity index (χ4n) is 6.54. The molecular weight excluding hydrogens is 801 g/mol. The third-order valence-electron chi connectivity index (χ3n) is 9.52. The minimum atomic E-state index is 0. The van der Waals surface area contributed by atoms with Crippen LogP contribution in [0.3, 0.4) is 0 Å². The molecule has 16 heteroatoms. The topological polar surface area (TPSA) is 122 Å². The first-order valence-corrected chi connectivity index (χ1v) is 19.1. The van der Waals surface area contributed by atoms with Gasteiger partial charge in [-0.3, -0.25) is 0 Å². The smallest absolute Gasteiger partial charge is 1.00 e. The molecule has 0 spiro atoms. The average molecular weight is 839 g/mol. The molecule has 0 aliphatic rings. The Kier molecular flexibility index (Phi) is 16.2. The van der Waals surface area contributed by atoms with Gasteiger partial charge in [0.2, 0.25) is 13.1 Å². The number of pyridine rings is 2. The average Bonchev–Trinajstić information content (AvgIpc) is 3.88. The summed E-state index contributed by atoms with van der Waals surface area (Å²) in [5, 5.41) is 19.5. The van der Waals surface area contributed by atoms with E-state index in [0.717, 1.165) is 91.1 Å². The number of fused-ring (bicyclic) bond motifs is 2. The van der Waals surface area contributed by atoms with Crippen molar-refractivity contribution in [3.8, 4) is 22.8 Å². The van der Waals surface area contributed by atoms with Gasteiger partial charge in [-0.25, -0.2) is 33.1 Å². The van der Waals surface area contributed by atoms with Gasteiger partial charge >= 0.3 is 29.6 Å². The maximum atomic E-state index is 7.07. The second kappa shape index (κ2) is 21.5. The summed E-state index contributed by atoms with van der Waals surface area (Å²) < 4.78 is 3.88. The number of hydrogen-bond donors (Lipinski definition) is 0. The first kappa shape index (κ1) is 45.3. The van der Waals surface area contributed by atoms with E-state index in [1.54, 1.807) is 31.2 Å². The zero-order chi connectivity index (χ0) is 40.4. The van der Waals surface area contributed by atoms with Gasteiger partial charge in [-0.15, -0.1) is 0 Å². The molecular formula is C44H37BCl2N12Na. The Bertz CT molecular complexity index is 2840. The second-order valence-electron chi connectivity index (χ2n) is 13.4. The molecule has 0 unspecified atom stereocenters. The largest absolute Gasteiger partial charge is 1.00 e. The summed E-state index contributed by atoms with van der Waals surface area (Å²) in [5.41, 5.74) is 10.9. The van der Waals surface area contributed by atoms with Gasteiger partial charge in [0.15, 0.2) is 0 Å². The Morgan fingerprint density at radius 2 is 1.23 bits per heavy atom.